The van der Waals surface area contributed by atoms with E-state index < -0.39 is 12.0 Å². The largest absolute Gasteiger partial charge is 0.508 e. The van der Waals surface area contributed by atoms with Gasteiger partial charge in [-0.2, -0.15) is 0 Å². The van der Waals surface area contributed by atoms with Crippen molar-refractivity contribution < 1.29 is 18.6 Å². The lowest BCUT2D eigenvalue weighted by Gasteiger charge is -2.35. The van der Waals surface area contributed by atoms with Crippen LogP contribution in [0.2, 0.25) is 0 Å². The van der Waals surface area contributed by atoms with Crippen molar-refractivity contribution in [1.29, 1.82) is 0 Å². The number of aromatic hydroxyl groups is 1. The van der Waals surface area contributed by atoms with Crippen molar-refractivity contribution in [3.05, 3.63) is 54.0 Å². The van der Waals surface area contributed by atoms with Crippen LogP contribution >= 0.6 is 0 Å². The first kappa shape index (κ1) is 26.6. The number of alkyl halides is 1. The number of fused-ring (bicyclic) bond motifs is 5. The Hall–Kier alpha value is -4.00. The van der Waals surface area contributed by atoms with Gasteiger partial charge in [0, 0.05) is 72.3 Å². The monoisotopic (exact) mass is 581 g/mol. The molecule has 0 aliphatic carbocycles. The molecule has 2 aromatic heterocycles. The van der Waals surface area contributed by atoms with Gasteiger partial charge in [-0.05, 0) is 55.8 Å². The molecule has 4 unspecified atom stereocenters. The molecule has 220 valence electrons. The molecule has 2 aromatic carbocycles. The summed E-state index contributed by atoms with van der Waals surface area (Å²) >= 11 is 0. The molecule has 7 nitrogen and oxygen atoms in total. The first-order valence-corrected chi connectivity index (χ1v) is 15.2. The minimum atomic E-state index is -0.864. The minimum absolute atomic E-state index is 0.0110. The van der Waals surface area contributed by atoms with Crippen molar-refractivity contribution in [1.82, 2.24) is 20.2 Å². The van der Waals surface area contributed by atoms with Gasteiger partial charge in [0.2, 0.25) is 5.88 Å². The van der Waals surface area contributed by atoms with E-state index in [1.54, 1.807) is 18.3 Å². The van der Waals surface area contributed by atoms with Crippen LogP contribution in [0.3, 0.4) is 0 Å². The number of terminal acetylenes is 1. The SMILES string of the molecule is C#Cc1cccc2cc(O)cc(-c3ncc4c(N5CC6CCC(C5)N6)cc(OCC56CCCN5CC(F)C6)nc4c3F)c12. The topological polar surface area (TPSA) is 73.8 Å². The normalized spacial score (nSPS) is 26.7. The number of phenols is 1. The number of halogens is 2. The molecule has 4 aliphatic rings. The summed E-state index contributed by atoms with van der Waals surface area (Å²) in [6, 6.07) is 11.2. The van der Waals surface area contributed by atoms with Gasteiger partial charge in [0.15, 0.2) is 5.82 Å². The average Bonchev–Trinajstić information content (AvgIpc) is 3.65. The molecular formula is C34H33F2N5O2. The van der Waals surface area contributed by atoms with Crippen LogP contribution in [0.4, 0.5) is 14.5 Å². The zero-order valence-corrected chi connectivity index (χ0v) is 23.8. The molecule has 9 heteroatoms. The Morgan fingerprint density at radius 1 is 1.16 bits per heavy atom. The molecule has 0 radical (unpaired) electrons. The molecule has 0 amide bonds. The van der Waals surface area contributed by atoms with E-state index in [1.165, 1.54) is 6.07 Å². The zero-order chi connectivity index (χ0) is 29.3. The Morgan fingerprint density at radius 2 is 2.00 bits per heavy atom. The number of benzene rings is 2. The molecule has 4 aliphatic heterocycles. The third-order valence-electron chi connectivity index (χ3n) is 9.93. The number of rotatable bonds is 5. The molecule has 6 heterocycles. The van der Waals surface area contributed by atoms with E-state index >= 15 is 4.39 Å². The van der Waals surface area contributed by atoms with Crippen molar-refractivity contribution in [3.8, 4) is 35.2 Å². The van der Waals surface area contributed by atoms with Gasteiger partial charge in [-0.1, -0.05) is 18.1 Å². The highest BCUT2D eigenvalue weighted by molar-refractivity contribution is 6.03. The summed E-state index contributed by atoms with van der Waals surface area (Å²) < 4.78 is 37.6. The van der Waals surface area contributed by atoms with Gasteiger partial charge >= 0.3 is 0 Å². The van der Waals surface area contributed by atoms with E-state index in [0.29, 0.717) is 64.8 Å². The lowest BCUT2D eigenvalue weighted by atomic mass is 9.95. The second-order valence-electron chi connectivity index (χ2n) is 12.6. The Bertz CT molecular complexity index is 1800. The van der Waals surface area contributed by atoms with Crippen LogP contribution < -0.4 is 15.0 Å². The van der Waals surface area contributed by atoms with Crippen molar-refractivity contribution in [2.75, 3.05) is 37.7 Å². The molecule has 0 saturated carbocycles. The number of nitrogens with zero attached hydrogens (tertiary/aromatic N) is 4. The van der Waals surface area contributed by atoms with Gasteiger partial charge in [-0.25, -0.2) is 13.8 Å². The van der Waals surface area contributed by atoms with Crippen LogP contribution in [0, 0.1) is 18.2 Å². The lowest BCUT2D eigenvalue weighted by molar-refractivity contribution is 0.111. The van der Waals surface area contributed by atoms with Gasteiger partial charge < -0.3 is 20.1 Å². The van der Waals surface area contributed by atoms with Gasteiger partial charge in [-0.15, -0.1) is 6.42 Å². The number of phenolic OH excluding ortho intramolecular Hbond substituents is 1. The smallest absolute Gasteiger partial charge is 0.216 e. The van der Waals surface area contributed by atoms with Gasteiger partial charge in [0.1, 0.15) is 29.7 Å². The predicted molar refractivity (Wildman–Crippen MR) is 163 cm³/mol. The summed E-state index contributed by atoms with van der Waals surface area (Å²) in [5, 5.41) is 16.1. The maximum absolute atomic E-state index is 16.7. The highest BCUT2D eigenvalue weighted by atomic mass is 19.1. The van der Waals surface area contributed by atoms with Gasteiger partial charge in [0.05, 0.1) is 11.2 Å². The molecule has 4 atom stereocenters. The first-order chi connectivity index (χ1) is 20.9. The highest BCUT2D eigenvalue weighted by Gasteiger charge is 2.49. The van der Waals surface area contributed by atoms with Crippen LogP contribution in [-0.2, 0) is 0 Å². The number of pyridine rings is 2. The summed E-state index contributed by atoms with van der Waals surface area (Å²) in [7, 11) is 0. The Labute approximate surface area is 248 Å². The molecule has 4 aromatic rings. The van der Waals surface area contributed by atoms with Crippen molar-refractivity contribution in [3.63, 3.8) is 0 Å². The third kappa shape index (κ3) is 4.38. The van der Waals surface area contributed by atoms with Gasteiger partial charge in [-0.3, -0.25) is 9.88 Å². The van der Waals surface area contributed by atoms with E-state index in [9.17, 15) is 9.50 Å². The van der Waals surface area contributed by atoms with Crippen LogP contribution in [0.1, 0.15) is 37.7 Å². The Balaban J connectivity index is 1.27. The van der Waals surface area contributed by atoms with Gasteiger partial charge in [0.25, 0.3) is 0 Å². The molecule has 8 rings (SSSR count). The fourth-order valence-corrected chi connectivity index (χ4v) is 8.00. The fourth-order valence-electron chi connectivity index (χ4n) is 8.00. The second kappa shape index (κ2) is 10.0. The maximum Gasteiger partial charge on any atom is 0.216 e. The molecule has 4 saturated heterocycles. The average molecular weight is 582 g/mol. The standard InChI is InChI=1S/C34H33F2N5O2/c1-2-20-5-3-6-21-11-25(42)12-26(30(20)21)32-31(36)33-27(15-37-32)28(40-17-23-7-8-24(18-40)38-23)13-29(39-33)43-19-34-9-4-10-41(34)16-22(35)14-34/h1,3,5-6,11-13,15,22-24,38,42H,4,7-10,14,16-19H2. The minimum Gasteiger partial charge on any atom is -0.508 e. The molecule has 2 bridgehead atoms. The summed E-state index contributed by atoms with van der Waals surface area (Å²) in [6.45, 7) is 3.20. The molecule has 4 fully saturated rings. The Kier molecular flexibility index (Phi) is 6.21. The number of nitrogens with one attached hydrogen (secondary N) is 1. The Morgan fingerprint density at radius 3 is 2.81 bits per heavy atom. The summed E-state index contributed by atoms with van der Waals surface area (Å²) in [5.41, 5.74) is 1.67. The summed E-state index contributed by atoms with van der Waals surface area (Å²) in [5.74, 6) is 2.39. The highest BCUT2D eigenvalue weighted by Crippen LogP contribution is 2.42. The molecule has 43 heavy (non-hydrogen) atoms. The number of ether oxygens (including phenoxy) is 1. The summed E-state index contributed by atoms with van der Waals surface area (Å²) in [4.78, 5) is 13.8. The van der Waals surface area contributed by atoms with E-state index in [4.69, 9.17) is 16.1 Å². The molecule has 2 N–H and O–H groups in total. The van der Waals surface area contributed by atoms with Crippen LogP contribution in [0.5, 0.6) is 11.6 Å². The van der Waals surface area contributed by atoms with E-state index in [2.05, 4.69) is 26.0 Å². The fraction of sp³-hybridized carbons (Fsp3) is 0.412. The van der Waals surface area contributed by atoms with Crippen molar-refractivity contribution in [2.24, 2.45) is 0 Å². The predicted octanol–water partition coefficient (Wildman–Crippen LogP) is 5.17. The van der Waals surface area contributed by atoms with E-state index in [0.717, 1.165) is 51.0 Å². The first-order valence-electron chi connectivity index (χ1n) is 15.2. The summed E-state index contributed by atoms with van der Waals surface area (Å²) in [6.07, 6.45) is 11.2. The number of hydrogen-bond acceptors (Lipinski definition) is 7. The van der Waals surface area contributed by atoms with Crippen molar-refractivity contribution >= 4 is 27.4 Å². The second-order valence-corrected chi connectivity index (χ2v) is 12.6. The van der Waals surface area contributed by atoms with Crippen LogP contribution in [0.25, 0.3) is 32.9 Å². The van der Waals surface area contributed by atoms with E-state index in [1.807, 2.05) is 18.2 Å². The van der Waals surface area contributed by atoms with Crippen LogP contribution in [0.15, 0.2) is 42.6 Å². The zero-order valence-electron chi connectivity index (χ0n) is 23.8. The maximum atomic E-state index is 16.7. The lowest BCUT2D eigenvalue weighted by Crippen LogP contribution is -2.51. The quantitative estimate of drug-likeness (QED) is 0.315. The molecule has 0 spiro atoms. The van der Waals surface area contributed by atoms with Crippen molar-refractivity contribution in [2.45, 2.75) is 55.9 Å². The molecular weight excluding hydrogens is 548 g/mol. The third-order valence-corrected chi connectivity index (χ3v) is 9.93. The number of anilines is 1. The van der Waals surface area contributed by atoms with Crippen LogP contribution in [-0.4, -0.2) is 76.6 Å². The number of piperazine rings is 1. The van der Waals surface area contributed by atoms with E-state index in [-0.39, 0.29) is 22.5 Å². The number of aromatic nitrogens is 2. The number of hydrogen-bond donors (Lipinski definition) is 2.